The Morgan fingerprint density at radius 1 is 0.833 bits per heavy atom. The number of sulfonamides is 1. The van der Waals surface area contributed by atoms with E-state index in [4.69, 9.17) is 34.8 Å². The molecule has 4 aromatic rings. The first-order chi connectivity index (χ1) is 23.0. The second-order valence-corrected chi connectivity index (χ2v) is 15.1. The van der Waals surface area contributed by atoms with E-state index in [1.807, 2.05) is 30.3 Å². The van der Waals surface area contributed by atoms with Gasteiger partial charge < -0.3 is 10.2 Å². The van der Waals surface area contributed by atoms with Crippen LogP contribution in [0.3, 0.4) is 0 Å². The number of nitrogens with zero attached hydrogens (tertiary/aromatic N) is 2. The van der Waals surface area contributed by atoms with Crippen LogP contribution < -0.4 is 9.62 Å². The first kappa shape index (κ1) is 35.7. The van der Waals surface area contributed by atoms with E-state index in [0.29, 0.717) is 31.9 Å². The highest BCUT2D eigenvalue weighted by molar-refractivity contribution is 7.92. The molecular formula is C37H38Cl3N3O4S. The summed E-state index contributed by atoms with van der Waals surface area (Å²) in [5.41, 5.74) is 2.15. The number of nitrogens with one attached hydrogen (secondary N) is 1. The Bertz CT molecular complexity index is 1820. The summed E-state index contributed by atoms with van der Waals surface area (Å²) in [7, 11) is -4.24. The van der Waals surface area contributed by atoms with Crippen molar-refractivity contribution >= 4 is 62.3 Å². The van der Waals surface area contributed by atoms with Crippen LogP contribution in [0.4, 0.5) is 5.69 Å². The van der Waals surface area contributed by atoms with E-state index in [1.54, 1.807) is 61.5 Å². The lowest BCUT2D eigenvalue weighted by Gasteiger charge is -2.35. The molecule has 252 valence electrons. The fourth-order valence-corrected chi connectivity index (χ4v) is 8.33. The zero-order valence-electron chi connectivity index (χ0n) is 26.6. The normalized spacial score (nSPS) is 14.2. The third kappa shape index (κ3) is 8.72. The number of hydrogen-bond donors (Lipinski definition) is 1. The topological polar surface area (TPSA) is 86.8 Å². The molecule has 1 N–H and O–H groups in total. The number of aryl methyl sites for hydroxylation is 1. The second kappa shape index (κ2) is 16.2. The summed E-state index contributed by atoms with van der Waals surface area (Å²) in [6.45, 7) is 1.02. The maximum Gasteiger partial charge on any atom is 0.264 e. The van der Waals surface area contributed by atoms with Gasteiger partial charge in [0.1, 0.15) is 12.6 Å². The van der Waals surface area contributed by atoms with Gasteiger partial charge in [0.15, 0.2) is 0 Å². The number of anilines is 1. The van der Waals surface area contributed by atoms with Crippen molar-refractivity contribution in [2.45, 2.75) is 69.0 Å². The molecule has 1 fully saturated rings. The van der Waals surface area contributed by atoms with Crippen LogP contribution in [0.5, 0.6) is 0 Å². The van der Waals surface area contributed by atoms with E-state index in [0.717, 1.165) is 42.0 Å². The van der Waals surface area contributed by atoms with E-state index in [1.165, 1.54) is 17.0 Å². The molecule has 0 spiro atoms. The quantitative estimate of drug-likeness (QED) is 0.159. The number of carbonyl (C=O) groups excluding carboxylic acids is 2. The van der Waals surface area contributed by atoms with Gasteiger partial charge in [0.05, 0.1) is 10.6 Å². The van der Waals surface area contributed by atoms with Crippen molar-refractivity contribution in [2.24, 2.45) is 0 Å². The largest absolute Gasteiger partial charge is 0.352 e. The fraction of sp³-hybridized carbons (Fsp3) is 0.297. The Balaban J connectivity index is 1.60. The summed E-state index contributed by atoms with van der Waals surface area (Å²) in [6, 6.07) is 26.2. The molecule has 7 nitrogen and oxygen atoms in total. The Labute approximate surface area is 297 Å². The Morgan fingerprint density at radius 3 is 2.08 bits per heavy atom. The van der Waals surface area contributed by atoms with Gasteiger partial charge in [-0.15, -0.1) is 0 Å². The summed E-state index contributed by atoms with van der Waals surface area (Å²) in [6.07, 6.45) is 5.04. The number of rotatable bonds is 12. The summed E-state index contributed by atoms with van der Waals surface area (Å²) >= 11 is 19.5. The molecule has 48 heavy (non-hydrogen) atoms. The summed E-state index contributed by atoms with van der Waals surface area (Å²) in [5, 5.41) is 4.28. The highest BCUT2D eigenvalue weighted by Gasteiger charge is 2.36. The minimum Gasteiger partial charge on any atom is -0.352 e. The molecule has 0 heterocycles. The van der Waals surface area contributed by atoms with Gasteiger partial charge in [-0.25, -0.2) is 8.42 Å². The zero-order chi connectivity index (χ0) is 34.3. The third-order valence-corrected chi connectivity index (χ3v) is 11.4. The molecule has 11 heteroatoms. The summed E-state index contributed by atoms with van der Waals surface area (Å²) < 4.78 is 29.6. The van der Waals surface area contributed by atoms with Gasteiger partial charge in [-0.1, -0.05) is 109 Å². The minimum atomic E-state index is -4.24. The molecule has 1 saturated carbocycles. The van der Waals surface area contributed by atoms with Gasteiger partial charge in [0, 0.05) is 39.6 Å². The van der Waals surface area contributed by atoms with E-state index in [2.05, 4.69) is 5.32 Å². The monoisotopic (exact) mass is 725 g/mol. The van der Waals surface area contributed by atoms with Gasteiger partial charge in [-0.2, -0.15) is 0 Å². The van der Waals surface area contributed by atoms with Crippen LogP contribution in [0.15, 0.2) is 102 Å². The van der Waals surface area contributed by atoms with Crippen LogP contribution in [-0.4, -0.2) is 43.8 Å². The standard InChI is InChI=1S/C37H38Cl3N3O4S/c1-26-22-28(38)20-21-34(26)43(48(46,47)30-16-9-4-10-17-30)25-36(44)42(24-31-32(39)18-11-19-33(31)40)35(23-27-12-5-2-6-13-27)37(45)41-29-14-7-3-8-15-29/h2,4-6,9-13,16-22,29,35H,3,7-8,14-15,23-25H2,1H3,(H,41,45)/t35-/m0/s1. The first-order valence-electron chi connectivity index (χ1n) is 15.9. The highest BCUT2D eigenvalue weighted by Crippen LogP contribution is 2.31. The summed E-state index contributed by atoms with van der Waals surface area (Å²) in [5.74, 6) is -0.915. The summed E-state index contributed by atoms with van der Waals surface area (Å²) in [4.78, 5) is 30.5. The highest BCUT2D eigenvalue weighted by atomic mass is 35.5. The van der Waals surface area contributed by atoms with E-state index in [9.17, 15) is 18.0 Å². The number of amides is 2. The average molecular weight is 727 g/mol. The van der Waals surface area contributed by atoms with Crippen molar-refractivity contribution in [3.8, 4) is 0 Å². The van der Waals surface area contributed by atoms with Crippen LogP contribution in [0.25, 0.3) is 0 Å². The molecule has 1 aliphatic carbocycles. The third-order valence-electron chi connectivity index (χ3n) is 8.65. The number of halogens is 3. The fourth-order valence-electron chi connectivity index (χ4n) is 6.08. The van der Waals surface area contributed by atoms with Crippen LogP contribution in [0.2, 0.25) is 15.1 Å². The predicted octanol–water partition coefficient (Wildman–Crippen LogP) is 8.24. The van der Waals surface area contributed by atoms with Gasteiger partial charge in [0.2, 0.25) is 11.8 Å². The van der Waals surface area contributed by atoms with Crippen molar-refractivity contribution in [3.05, 3.63) is 129 Å². The Morgan fingerprint density at radius 2 is 1.46 bits per heavy atom. The van der Waals surface area contributed by atoms with Crippen LogP contribution in [0.1, 0.15) is 48.8 Å². The molecule has 0 radical (unpaired) electrons. The lowest BCUT2D eigenvalue weighted by molar-refractivity contribution is -0.140. The minimum absolute atomic E-state index is 0.0166. The van der Waals surface area contributed by atoms with Crippen molar-refractivity contribution in [1.82, 2.24) is 10.2 Å². The number of benzene rings is 4. The average Bonchev–Trinajstić information content (AvgIpc) is 3.08. The Hall–Kier alpha value is -3.56. The van der Waals surface area contributed by atoms with E-state index >= 15 is 0 Å². The molecule has 0 unspecified atom stereocenters. The second-order valence-electron chi connectivity index (χ2n) is 12.0. The molecule has 0 bridgehead atoms. The molecule has 4 aromatic carbocycles. The molecule has 2 amide bonds. The predicted molar refractivity (Wildman–Crippen MR) is 193 cm³/mol. The molecule has 1 atom stereocenters. The smallest absolute Gasteiger partial charge is 0.264 e. The molecule has 1 aliphatic rings. The number of hydrogen-bond acceptors (Lipinski definition) is 4. The van der Waals surface area contributed by atoms with Crippen molar-refractivity contribution in [1.29, 1.82) is 0 Å². The maximum atomic E-state index is 14.8. The molecule has 5 rings (SSSR count). The van der Waals surface area contributed by atoms with Gasteiger partial charge >= 0.3 is 0 Å². The van der Waals surface area contributed by atoms with E-state index < -0.39 is 28.5 Å². The molecular weight excluding hydrogens is 689 g/mol. The maximum absolute atomic E-state index is 14.8. The van der Waals surface area contributed by atoms with Crippen molar-refractivity contribution < 1.29 is 18.0 Å². The lowest BCUT2D eigenvalue weighted by atomic mass is 9.94. The SMILES string of the molecule is Cc1cc(Cl)ccc1N(CC(=O)N(Cc1c(Cl)cccc1Cl)[C@@H](Cc1ccccc1)C(=O)NC1CCCCC1)S(=O)(=O)c1ccccc1. The lowest BCUT2D eigenvalue weighted by Crippen LogP contribution is -2.55. The van der Waals surface area contributed by atoms with Gasteiger partial charge in [0.25, 0.3) is 10.0 Å². The van der Waals surface area contributed by atoms with E-state index in [-0.39, 0.29) is 29.8 Å². The van der Waals surface area contributed by atoms with Crippen LogP contribution in [0, 0.1) is 6.92 Å². The molecule has 0 aromatic heterocycles. The Kier molecular flexibility index (Phi) is 12.1. The van der Waals surface area contributed by atoms with Crippen molar-refractivity contribution in [2.75, 3.05) is 10.8 Å². The zero-order valence-corrected chi connectivity index (χ0v) is 29.7. The van der Waals surface area contributed by atoms with Gasteiger partial charge in [-0.05, 0) is 73.4 Å². The van der Waals surface area contributed by atoms with Crippen molar-refractivity contribution in [3.63, 3.8) is 0 Å². The van der Waals surface area contributed by atoms with Crippen LogP contribution in [-0.2, 0) is 32.6 Å². The van der Waals surface area contributed by atoms with Crippen LogP contribution >= 0.6 is 34.8 Å². The first-order valence-corrected chi connectivity index (χ1v) is 18.5. The number of carbonyl (C=O) groups is 2. The van der Waals surface area contributed by atoms with Gasteiger partial charge in [-0.3, -0.25) is 13.9 Å². The molecule has 0 aliphatic heterocycles. The molecule has 0 saturated heterocycles.